The zero-order valence-corrected chi connectivity index (χ0v) is 5.54. The molecule has 0 saturated carbocycles. The average Bonchev–Trinajstić information content (AvgIpc) is 1.88. The Kier molecular flexibility index (Phi) is 1.73. The third-order valence-corrected chi connectivity index (χ3v) is 1.26. The van der Waals surface area contributed by atoms with Crippen molar-refractivity contribution >= 4 is 11.5 Å². The fourth-order valence-electron chi connectivity index (χ4n) is 0.687. The van der Waals surface area contributed by atoms with Gasteiger partial charge in [-0.05, 0) is 0 Å². The van der Waals surface area contributed by atoms with Crippen molar-refractivity contribution in [3.8, 4) is 0 Å². The highest BCUT2D eigenvalue weighted by Crippen LogP contribution is 2.10. The normalized spacial score (nSPS) is 9.70. The predicted octanol–water partition coefficient (Wildman–Crippen LogP) is -0.295. The number of anilines is 2. The van der Waals surface area contributed by atoms with E-state index in [1.807, 2.05) is 0 Å². The summed E-state index contributed by atoms with van der Waals surface area (Å²) in [6.07, 6.45) is 1.59. The molecule has 0 aliphatic rings. The van der Waals surface area contributed by atoms with Crippen LogP contribution in [0.2, 0.25) is 0 Å². The Morgan fingerprint density at radius 1 is 1.40 bits per heavy atom. The monoisotopic (exact) mass is 138 g/mol. The molecule has 0 aliphatic heterocycles. The maximum Gasteiger partial charge on any atom is 0.125 e. The fourth-order valence-corrected chi connectivity index (χ4v) is 0.687. The quantitative estimate of drug-likeness (QED) is 0.497. The highest BCUT2D eigenvalue weighted by Gasteiger charge is 1.96. The molecule has 0 bridgehead atoms. The molecule has 0 fully saturated rings. The van der Waals surface area contributed by atoms with Gasteiger partial charge in [-0.2, -0.15) is 0 Å². The van der Waals surface area contributed by atoms with Gasteiger partial charge in [0, 0.05) is 30.1 Å². The number of nitrogens with zero attached hydrogens (tertiary/aromatic N) is 1. The second kappa shape index (κ2) is 2.53. The van der Waals surface area contributed by atoms with Crippen LogP contribution in [0.4, 0.5) is 11.5 Å². The molecule has 1 rings (SSSR count). The van der Waals surface area contributed by atoms with E-state index in [0.717, 1.165) is 5.56 Å². The van der Waals surface area contributed by atoms with Crippen molar-refractivity contribution in [2.24, 2.45) is 5.73 Å². The van der Waals surface area contributed by atoms with E-state index >= 15 is 0 Å². The molecule has 0 saturated heterocycles. The van der Waals surface area contributed by atoms with Gasteiger partial charge in [-0.3, -0.25) is 0 Å². The number of aromatic nitrogens is 1. The number of nitrogens with two attached hydrogens (primary N) is 3. The van der Waals surface area contributed by atoms with E-state index in [0.29, 0.717) is 18.1 Å². The summed E-state index contributed by atoms with van der Waals surface area (Å²) in [4.78, 5) is 3.83. The van der Waals surface area contributed by atoms with E-state index in [9.17, 15) is 0 Å². The van der Waals surface area contributed by atoms with Crippen LogP contribution >= 0.6 is 0 Å². The topological polar surface area (TPSA) is 90.9 Å². The van der Waals surface area contributed by atoms with Gasteiger partial charge in [0.2, 0.25) is 0 Å². The van der Waals surface area contributed by atoms with Crippen molar-refractivity contribution < 1.29 is 0 Å². The van der Waals surface area contributed by atoms with E-state index in [4.69, 9.17) is 17.2 Å². The summed E-state index contributed by atoms with van der Waals surface area (Å²) in [7, 11) is 0. The van der Waals surface area contributed by atoms with Crippen LogP contribution in [0.25, 0.3) is 0 Å². The number of hydrogen-bond donors (Lipinski definition) is 3. The molecule has 4 heteroatoms. The van der Waals surface area contributed by atoms with Gasteiger partial charge in [0.05, 0.1) is 0 Å². The summed E-state index contributed by atoms with van der Waals surface area (Å²) in [5, 5.41) is 0. The van der Waals surface area contributed by atoms with Gasteiger partial charge < -0.3 is 17.2 Å². The number of pyridine rings is 1. The standard InChI is InChI=1S/C6H10N4/c7-2-4-3-10-6(9)1-5(4)8/h1,3H,2,7H2,(H4,8,9,10). The molecule has 0 unspecified atom stereocenters. The summed E-state index contributed by atoms with van der Waals surface area (Å²) >= 11 is 0. The minimum absolute atomic E-state index is 0.402. The average molecular weight is 138 g/mol. The maximum absolute atomic E-state index is 5.53. The van der Waals surface area contributed by atoms with Crippen molar-refractivity contribution in [2.75, 3.05) is 11.5 Å². The van der Waals surface area contributed by atoms with E-state index < -0.39 is 0 Å². The SMILES string of the molecule is NCc1cnc(N)cc1N. The first-order valence-corrected chi connectivity index (χ1v) is 2.94. The fraction of sp³-hybridized carbons (Fsp3) is 0.167. The molecule has 0 amide bonds. The minimum Gasteiger partial charge on any atom is -0.398 e. The zero-order valence-electron chi connectivity index (χ0n) is 5.54. The Hall–Kier alpha value is -1.29. The molecule has 1 aromatic heterocycles. The van der Waals surface area contributed by atoms with Gasteiger partial charge in [0.15, 0.2) is 0 Å². The number of rotatable bonds is 1. The Morgan fingerprint density at radius 2 is 2.10 bits per heavy atom. The molecule has 54 valence electrons. The highest BCUT2D eigenvalue weighted by molar-refractivity contribution is 5.51. The molecule has 0 atom stereocenters. The van der Waals surface area contributed by atoms with E-state index in [2.05, 4.69) is 4.98 Å². The third kappa shape index (κ3) is 1.16. The lowest BCUT2D eigenvalue weighted by Crippen LogP contribution is -2.03. The number of nitrogen functional groups attached to an aromatic ring is 2. The van der Waals surface area contributed by atoms with Crippen LogP contribution in [0, 0.1) is 0 Å². The molecular weight excluding hydrogens is 128 g/mol. The Bertz CT molecular complexity index is 233. The van der Waals surface area contributed by atoms with Gasteiger partial charge in [0.25, 0.3) is 0 Å². The predicted molar refractivity (Wildman–Crippen MR) is 41.0 cm³/mol. The molecule has 1 aromatic rings. The van der Waals surface area contributed by atoms with Crippen molar-refractivity contribution in [3.05, 3.63) is 17.8 Å². The molecule has 4 nitrogen and oxygen atoms in total. The lowest BCUT2D eigenvalue weighted by atomic mass is 10.2. The van der Waals surface area contributed by atoms with Gasteiger partial charge in [-0.15, -0.1) is 0 Å². The highest BCUT2D eigenvalue weighted by atomic mass is 14.8. The molecule has 1 heterocycles. The van der Waals surface area contributed by atoms with Crippen LogP contribution in [0.5, 0.6) is 0 Å². The third-order valence-electron chi connectivity index (χ3n) is 1.26. The second-order valence-electron chi connectivity index (χ2n) is 2.01. The molecule has 0 aliphatic carbocycles. The molecule has 0 radical (unpaired) electrons. The smallest absolute Gasteiger partial charge is 0.125 e. The van der Waals surface area contributed by atoms with Crippen LogP contribution in [-0.2, 0) is 6.54 Å². The van der Waals surface area contributed by atoms with Crippen LogP contribution in [-0.4, -0.2) is 4.98 Å². The molecule has 0 spiro atoms. The van der Waals surface area contributed by atoms with Crippen molar-refractivity contribution in [3.63, 3.8) is 0 Å². The van der Waals surface area contributed by atoms with Crippen LogP contribution in [0.3, 0.4) is 0 Å². The van der Waals surface area contributed by atoms with Gasteiger partial charge in [0.1, 0.15) is 5.82 Å². The van der Waals surface area contributed by atoms with Crippen LogP contribution in [0.15, 0.2) is 12.3 Å². The lowest BCUT2D eigenvalue weighted by molar-refractivity contribution is 1.05. The van der Waals surface area contributed by atoms with E-state index in [1.54, 1.807) is 12.3 Å². The zero-order chi connectivity index (χ0) is 7.56. The molecular formula is C6H10N4. The molecule has 6 N–H and O–H groups in total. The van der Waals surface area contributed by atoms with Crippen LogP contribution in [0.1, 0.15) is 5.56 Å². The number of hydrogen-bond acceptors (Lipinski definition) is 4. The van der Waals surface area contributed by atoms with Crippen LogP contribution < -0.4 is 17.2 Å². The summed E-state index contributed by atoms with van der Waals surface area (Å²) in [5.74, 6) is 0.426. The van der Waals surface area contributed by atoms with Crippen molar-refractivity contribution in [2.45, 2.75) is 6.54 Å². The molecule has 10 heavy (non-hydrogen) atoms. The summed E-state index contributed by atoms with van der Waals surface area (Å²) in [6.45, 7) is 0.402. The van der Waals surface area contributed by atoms with E-state index in [1.165, 1.54) is 0 Å². The van der Waals surface area contributed by atoms with Gasteiger partial charge in [-0.25, -0.2) is 4.98 Å². The first kappa shape index (κ1) is 6.82. The Morgan fingerprint density at radius 3 is 2.60 bits per heavy atom. The first-order valence-electron chi connectivity index (χ1n) is 2.94. The van der Waals surface area contributed by atoms with Crippen molar-refractivity contribution in [1.82, 2.24) is 4.98 Å². The van der Waals surface area contributed by atoms with Gasteiger partial charge in [-0.1, -0.05) is 0 Å². The summed E-state index contributed by atoms with van der Waals surface area (Å²) in [6, 6.07) is 1.60. The Labute approximate surface area is 59.0 Å². The summed E-state index contributed by atoms with van der Waals surface area (Å²) < 4.78 is 0. The lowest BCUT2D eigenvalue weighted by Gasteiger charge is -2.00. The van der Waals surface area contributed by atoms with Gasteiger partial charge >= 0.3 is 0 Å². The minimum atomic E-state index is 0.402. The molecule has 0 aromatic carbocycles. The summed E-state index contributed by atoms with van der Waals surface area (Å²) in [5.41, 5.74) is 17.7. The largest absolute Gasteiger partial charge is 0.398 e. The second-order valence-corrected chi connectivity index (χ2v) is 2.01. The maximum atomic E-state index is 5.53. The Balaban J connectivity index is 3.07. The first-order chi connectivity index (χ1) is 4.74. The van der Waals surface area contributed by atoms with E-state index in [-0.39, 0.29) is 0 Å². The van der Waals surface area contributed by atoms with Crippen molar-refractivity contribution in [1.29, 1.82) is 0 Å².